The molecule has 0 spiro atoms. The summed E-state index contributed by atoms with van der Waals surface area (Å²) in [6, 6.07) is 17.2. The first kappa shape index (κ1) is 18.7. The average Bonchev–Trinajstić information content (AvgIpc) is 2.65. The number of nitrogens with zero attached hydrogens (tertiary/aromatic N) is 1. The average molecular weight is 339 g/mol. The quantitative estimate of drug-likeness (QED) is 0.747. The number of rotatable bonds is 6. The van der Waals surface area contributed by atoms with Crippen molar-refractivity contribution in [3.63, 3.8) is 0 Å². The van der Waals surface area contributed by atoms with E-state index in [4.69, 9.17) is 4.74 Å². The van der Waals surface area contributed by atoms with Crippen LogP contribution in [0, 0.1) is 12.8 Å². The summed E-state index contributed by atoms with van der Waals surface area (Å²) in [4.78, 5) is 26.8. The minimum Gasteiger partial charge on any atom is -0.469 e. The number of hydrogen-bond acceptors (Lipinski definition) is 3. The smallest absolute Gasteiger partial charge is 0.310 e. The molecule has 0 bridgehead atoms. The van der Waals surface area contributed by atoms with E-state index in [1.165, 1.54) is 7.11 Å². The van der Waals surface area contributed by atoms with E-state index in [1.807, 2.05) is 68.4 Å². The molecule has 1 amide bonds. The standard InChI is InChI=1S/C21H25NO3/c1-15-10-8-9-13-19(15)20(23)22(14-16(2)21(24)25-4)17(3)18-11-6-5-7-12-18/h5-13,16-17H,14H2,1-4H3. The summed E-state index contributed by atoms with van der Waals surface area (Å²) in [5.41, 5.74) is 2.60. The van der Waals surface area contributed by atoms with Crippen LogP contribution in [0.15, 0.2) is 54.6 Å². The van der Waals surface area contributed by atoms with Crippen LogP contribution in [0.4, 0.5) is 0 Å². The van der Waals surface area contributed by atoms with E-state index in [0.29, 0.717) is 12.1 Å². The van der Waals surface area contributed by atoms with Crippen LogP contribution >= 0.6 is 0 Å². The Bertz CT molecular complexity index is 727. The third-order valence-corrected chi connectivity index (χ3v) is 4.46. The molecule has 2 unspecified atom stereocenters. The van der Waals surface area contributed by atoms with Gasteiger partial charge in [-0.3, -0.25) is 9.59 Å². The molecule has 25 heavy (non-hydrogen) atoms. The van der Waals surface area contributed by atoms with Crippen LogP contribution in [0.2, 0.25) is 0 Å². The Morgan fingerprint density at radius 1 is 1.00 bits per heavy atom. The first-order chi connectivity index (χ1) is 12.0. The second kappa shape index (κ2) is 8.47. The first-order valence-electron chi connectivity index (χ1n) is 8.45. The van der Waals surface area contributed by atoms with E-state index in [9.17, 15) is 9.59 Å². The number of carbonyl (C=O) groups is 2. The summed E-state index contributed by atoms with van der Waals surface area (Å²) in [7, 11) is 1.37. The van der Waals surface area contributed by atoms with Gasteiger partial charge in [0.05, 0.1) is 19.1 Å². The Balaban J connectivity index is 2.36. The van der Waals surface area contributed by atoms with Crippen LogP contribution in [0.3, 0.4) is 0 Å². The molecule has 2 aromatic carbocycles. The lowest BCUT2D eigenvalue weighted by atomic mass is 10.0. The Kier molecular flexibility index (Phi) is 6.34. The van der Waals surface area contributed by atoms with E-state index in [-0.39, 0.29) is 17.9 Å². The molecule has 0 saturated heterocycles. The minimum atomic E-state index is -0.399. The molecule has 0 aliphatic carbocycles. The van der Waals surface area contributed by atoms with Gasteiger partial charge in [0, 0.05) is 12.1 Å². The SMILES string of the molecule is COC(=O)C(C)CN(C(=O)c1ccccc1C)C(C)c1ccccc1. The molecule has 2 aromatic rings. The van der Waals surface area contributed by atoms with Gasteiger partial charge in [0.2, 0.25) is 0 Å². The van der Waals surface area contributed by atoms with Gasteiger partial charge in [0.15, 0.2) is 0 Å². The third-order valence-electron chi connectivity index (χ3n) is 4.46. The van der Waals surface area contributed by atoms with Crippen molar-refractivity contribution in [2.45, 2.75) is 26.8 Å². The van der Waals surface area contributed by atoms with Crippen LogP contribution in [0.25, 0.3) is 0 Å². The molecule has 0 aliphatic rings. The molecule has 0 heterocycles. The first-order valence-corrected chi connectivity index (χ1v) is 8.45. The molecular formula is C21H25NO3. The van der Waals surface area contributed by atoms with Crippen molar-refractivity contribution in [1.29, 1.82) is 0 Å². The maximum Gasteiger partial charge on any atom is 0.310 e. The maximum absolute atomic E-state index is 13.2. The zero-order chi connectivity index (χ0) is 18.4. The minimum absolute atomic E-state index is 0.0785. The number of hydrogen-bond donors (Lipinski definition) is 0. The van der Waals surface area contributed by atoms with Gasteiger partial charge in [-0.15, -0.1) is 0 Å². The lowest BCUT2D eigenvalue weighted by Gasteiger charge is -2.32. The number of aryl methyl sites for hydroxylation is 1. The summed E-state index contributed by atoms with van der Waals surface area (Å²) in [6.45, 7) is 5.98. The summed E-state index contributed by atoms with van der Waals surface area (Å²) in [5.74, 6) is -0.794. The van der Waals surface area contributed by atoms with Crippen molar-refractivity contribution in [2.75, 3.05) is 13.7 Å². The fourth-order valence-electron chi connectivity index (χ4n) is 2.87. The summed E-state index contributed by atoms with van der Waals surface area (Å²) >= 11 is 0. The van der Waals surface area contributed by atoms with Crippen molar-refractivity contribution >= 4 is 11.9 Å². The van der Waals surface area contributed by atoms with Gasteiger partial charge < -0.3 is 9.64 Å². The van der Waals surface area contributed by atoms with Crippen LogP contribution in [-0.4, -0.2) is 30.4 Å². The lowest BCUT2D eigenvalue weighted by Crippen LogP contribution is -2.39. The molecule has 0 saturated carbocycles. The number of ether oxygens (including phenoxy) is 1. The molecule has 132 valence electrons. The molecule has 0 radical (unpaired) electrons. The van der Waals surface area contributed by atoms with E-state index < -0.39 is 5.92 Å². The summed E-state index contributed by atoms with van der Waals surface area (Å²) < 4.78 is 4.83. The normalized spacial score (nSPS) is 13.0. The predicted molar refractivity (Wildman–Crippen MR) is 98.3 cm³/mol. The van der Waals surface area contributed by atoms with E-state index in [0.717, 1.165) is 11.1 Å². The Labute approximate surface area is 149 Å². The Morgan fingerprint density at radius 3 is 2.20 bits per heavy atom. The zero-order valence-corrected chi connectivity index (χ0v) is 15.2. The van der Waals surface area contributed by atoms with E-state index >= 15 is 0 Å². The molecule has 0 N–H and O–H groups in total. The summed E-state index contributed by atoms with van der Waals surface area (Å²) in [5, 5.41) is 0. The van der Waals surface area contributed by atoms with E-state index in [1.54, 1.807) is 11.8 Å². The molecule has 2 rings (SSSR count). The molecule has 4 nitrogen and oxygen atoms in total. The largest absolute Gasteiger partial charge is 0.469 e. The van der Waals surface area contributed by atoms with Gasteiger partial charge in [-0.05, 0) is 31.0 Å². The lowest BCUT2D eigenvalue weighted by molar-refractivity contribution is -0.145. The van der Waals surface area contributed by atoms with Gasteiger partial charge in [-0.25, -0.2) is 0 Å². The highest BCUT2D eigenvalue weighted by atomic mass is 16.5. The highest BCUT2D eigenvalue weighted by Crippen LogP contribution is 2.24. The van der Waals surface area contributed by atoms with Crippen LogP contribution in [-0.2, 0) is 9.53 Å². The highest BCUT2D eigenvalue weighted by molar-refractivity contribution is 5.96. The van der Waals surface area contributed by atoms with E-state index in [2.05, 4.69) is 0 Å². The van der Waals surface area contributed by atoms with Crippen molar-refractivity contribution < 1.29 is 14.3 Å². The summed E-state index contributed by atoms with van der Waals surface area (Å²) in [6.07, 6.45) is 0. The molecule has 0 aromatic heterocycles. The number of esters is 1. The number of benzene rings is 2. The maximum atomic E-state index is 13.2. The highest BCUT2D eigenvalue weighted by Gasteiger charge is 2.27. The third kappa shape index (κ3) is 4.47. The van der Waals surface area contributed by atoms with Crippen LogP contribution in [0.1, 0.15) is 41.4 Å². The number of carbonyl (C=O) groups excluding carboxylic acids is 2. The van der Waals surface area contributed by atoms with Gasteiger partial charge in [-0.1, -0.05) is 55.5 Å². The van der Waals surface area contributed by atoms with Crippen molar-refractivity contribution in [2.24, 2.45) is 5.92 Å². The van der Waals surface area contributed by atoms with Gasteiger partial charge >= 0.3 is 5.97 Å². The molecule has 0 fully saturated rings. The van der Waals surface area contributed by atoms with Crippen LogP contribution in [0.5, 0.6) is 0 Å². The van der Waals surface area contributed by atoms with Crippen LogP contribution < -0.4 is 0 Å². The van der Waals surface area contributed by atoms with Gasteiger partial charge in [0.1, 0.15) is 0 Å². The Morgan fingerprint density at radius 2 is 1.60 bits per heavy atom. The topological polar surface area (TPSA) is 46.6 Å². The monoisotopic (exact) mass is 339 g/mol. The second-order valence-electron chi connectivity index (χ2n) is 6.28. The zero-order valence-electron chi connectivity index (χ0n) is 15.2. The van der Waals surface area contributed by atoms with Crippen molar-refractivity contribution in [3.05, 3.63) is 71.3 Å². The molecule has 2 atom stereocenters. The Hall–Kier alpha value is -2.62. The predicted octanol–water partition coefficient (Wildman–Crippen LogP) is 4.01. The molecule has 4 heteroatoms. The molecular weight excluding hydrogens is 314 g/mol. The molecule has 0 aliphatic heterocycles. The number of amides is 1. The second-order valence-corrected chi connectivity index (χ2v) is 6.28. The van der Waals surface area contributed by atoms with Gasteiger partial charge in [-0.2, -0.15) is 0 Å². The van der Waals surface area contributed by atoms with Crippen molar-refractivity contribution in [3.8, 4) is 0 Å². The fourth-order valence-corrected chi connectivity index (χ4v) is 2.87. The fraction of sp³-hybridized carbons (Fsp3) is 0.333. The number of methoxy groups -OCH3 is 1. The van der Waals surface area contributed by atoms with Gasteiger partial charge in [0.25, 0.3) is 5.91 Å². The van der Waals surface area contributed by atoms with Crippen molar-refractivity contribution in [1.82, 2.24) is 4.90 Å².